The number of carbonyl (C=O) groups is 1. The highest BCUT2D eigenvalue weighted by molar-refractivity contribution is 7.10. The zero-order valence-corrected chi connectivity index (χ0v) is 18.1. The van der Waals surface area contributed by atoms with Crippen LogP contribution in [0.1, 0.15) is 31.4 Å². The van der Waals surface area contributed by atoms with Crippen molar-refractivity contribution in [3.63, 3.8) is 0 Å². The Morgan fingerprint density at radius 1 is 1.29 bits per heavy atom. The second kappa shape index (κ2) is 7.96. The number of nitrogens with zero attached hydrogens (tertiary/aromatic N) is 4. The summed E-state index contributed by atoms with van der Waals surface area (Å²) in [6.45, 7) is 3.31. The van der Waals surface area contributed by atoms with Crippen molar-refractivity contribution < 1.29 is 13.9 Å². The summed E-state index contributed by atoms with van der Waals surface area (Å²) in [5.41, 5.74) is 0.956. The third-order valence-corrected chi connectivity index (χ3v) is 7.03. The molecule has 1 amide bonds. The van der Waals surface area contributed by atoms with Gasteiger partial charge in [0.1, 0.15) is 27.9 Å². The number of hydrogen-bond acceptors (Lipinski definition) is 6. The van der Waals surface area contributed by atoms with Gasteiger partial charge < -0.3 is 10.1 Å². The molecule has 1 aliphatic carbocycles. The van der Waals surface area contributed by atoms with Gasteiger partial charge in [0.05, 0.1) is 12.2 Å². The number of halogens is 1. The number of para-hydroxylation sites is 1. The van der Waals surface area contributed by atoms with Crippen molar-refractivity contribution in [1.82, 2.24) is 14.2 Å². The monoisotopic (exact) mass is 441 g/mol. The molecule has 5 rings (SSSR count). The Kier molecular flexibility index (Phi) is 5.13. The second-order valence-corrected chi connectivity index (χ2v) is 9.15. The molecule has 0 atom stereocenters. The van der Waals surface area contributed by atoms with Crippen LogP contribution in [0.25, 0.3) is 5.69 Å². The summed E-state index contributed by atoms with van der Waals surface area (Å²) >= 11 is 1.34. The van der Waals surface area contributed by atoms with E-state index in [1.165, 1.54) is 17.6 Å². The maximum atomic E-state index is 13.9. The number of amides is 1. The average Bonchev–Trinajstić information content (AvgIpc) is 3.48. The van der Waals surface area contributed by atoms with Crippen molar-refractivity contribution in [2.75, 3.05) is 23.3 Å². The summed E-state index contributed by atoms with van der Waals surface area (Å²) < 4.78 is 25.6. The summed E-state index contributed by atoms with van der Waals surface area (Å²) in [6, 6.07) is 10.4. The number of ether oxygens (including phenoxy) is 1. The van der Waals surface area contributed by atoms with Crippen LogP contribution in [0.3, 0.4) is 0 Å². The smallest absolute Gasteiger partial charge is 0.415 e. The van der Waals surface area contributed by atoms with Crippen LogP contribution < -0.4 is 10.2 Å². The molecule has 9 heteroatoms. The van der Waals surface area contributed by atoms with E-state index in [0.717, 1.165) is 48.7 Å². The molecule has 162 valence electrons. The Bertz CT molecular complexity index is 1090. The minimum absolute atomic E-state index is 0.265. The van der Waals surface area contributed by atoms with E-state index in [1.54, 1.807) is 34.0 Å². The number of aromatic nitrogens is 3. The van der Waals surface area contributed by atoms with E-state index < -0.39 is 5.60 Å². The fourth-order valence-electron chi connectivity index (χ4n) is 4.38. The first-order valence-electron chi connectivity index (χ1n) is 10.5. The summed E-state index contributed by atoms with van der Waals surface area (Å²) in [5, 5.41) is 8.66. The van der Waals surface area contributed by atoms with E-state index in [1.807, 2.05) is 19.1 Å². The van der Waals surface area contributed by atoms with E-state index >= 15 is 0 Å². The molecule has 7 nitrogen and oxygen atoms in total. The Morgan fingerprint density at radius 2 is 2.10 bits per heavy atom. The van der Waals surface area contributed by atoms with Crippen molar-refractivity contribution in [3.05, 3.63) is 54.1 Å². The quantitative estimate of drug-likeness (QED) is 0.617. The van der Waals surface area contributed by atoms with Gasteiger partial charge in [0.2, 0.25) is 0 Å². The van der Waals surface area contributed by atoms with Crippen molar-refractivity contribution in [2.24, 2.45) is 5.92 Å². The van der Waals surface area contributed by atoms with E-state index in [9.17, 15) is 9.18 Å². The molecule has 1 aromatic carbocycles. The van der Waals surface area contributed by atoms with E-state index in [-0.39, 0.29) is 11.9 Å². The van der Waals surface area contributed by atoms with Gasteiger partial charge >= 0.3 is 6.09 Å². The Balaban J connectivity index is 1.15. The maximum absolute atomic E-state index is 13.9. The molecule has 2 aliphatic rings. The van der Waals surface area contributed by atoms with Gasteiger partial charge in [-0.3, -0.25) is 4.90 Å². The number of carbonyl (C=O) groups excluding carboxylic acids is 1. The molecule has 2 fully saturated rings. The van der Waals surface area contributed by atoms with Crippen molar-refractivity contribution in [3.8, 4) is 5.69 Å². The molecule has 2 aromatic heterocycles. The van der Waals surface area contributed by atoms with Crippen LogP contribution in [-0.2, 0) is 4.74 Å². The van der Waals surface area contributed by atoms with Crippen LogP contribution in [0.15, 0.2) is 42.6 Å². The van der Waals surface area contributed by atoms with Crippen molar-refractivity contribution in [1.29, 1.82) is 0 Å². The van der Waals surface area contributed by atoms with E-state index in [2.05, 4.69) is 14.8 Å². The van der Waals surface area contributed by atoms with Gasteiger partial charge in [-0.2, -0.15) is 9.47 Å². The molecule has 0 radical (unpaired) electrons. The number of hydrogen-bond donors (Lipinski definition) is 1. The van der Waals surface area contributed by atoms with Gasteiger partial charge in [0.25, 0.3) is 0 Å². The Labute approximate surface area is 184 Å². The van der Waals surface area contributed by atoms with E-state index in [4.69, 9.17) is 4.74 Å². The van der Waals surface area contributed by atoms with Gasteiger partial charge in [-0.25, -0.2) is 13.9 Å². The number of rotatable bonds is 5. The highest BCUT2D eigenvalue weighted by Gasteiger charge is 2.48. The highest BCUT2D eigenvalue weighted by atomic mass is 32.1. The Hall–Kier alpha value is -2.94. The maximum Gasteiger partial charge on any atom is 0.415 e. The molecule has 1 saturated heterocycles. The predicted molar refractivity (Wildman–Crippen MR) is 117 cm³/mol. The summed E-state index contributed by atoms with van der Waals surface area (Å²) in [6.07, 6.45) is 5.14. The zero-order valence-electron chi connectivity index (χ0n) is 17.3. The number of anilines is 2. The van der Waals surface area contributed by atoms with Gasteiger partial charge in [-0.1, -0.05) is 12.1 Å². The van der Waals surface area contributed by atoms with Gasteiger partial charge in [0.15, 0.2) is 0 Å². The minimum atomic E-state index is -0.391. The molecule has 0 unspecified atom stereocenters. The number of nitrogens with one attached hydrogen (secondary N) is 1. The van der Waals surface area contributed by atoms with Crippen LogP contribution in [0.5, 0.6) is 0 Å². The third kappa shape index (κ3) is 4.01. The third-order valence-electron chi connectivity index (χ3n) is 6.13. The van der Waals surface area contributed by atoms with Crippen LogP contribution in [0.4, 0.5) is 20.0 Å². The van der Waals surface area contributed by atoms with E-state index in [0.29, 0.717) is 18.2 Å². The molecule has 3 aromatic rings. The highest BCUT2D eigenvalue weighted by Crippen LogP contribution is 2.41. The average molecular weight is 442 g/mol. The lowest BCUT2D eigenvalue weighted by Crippen LogP contribution is -2.39. The molecule has 1 N–H and O–H groups in total. The second-order valence-electron chi connectivity index (χ2n) is 8.36. The fraction of sp³-hybridized carbons (Fsp3) is 0.409. The van der Waals surface area contributed by atoms with Crippen molar-refractivity contribution >= 4 is 28.4 Å². The molecule has 1 spiro atoms. The zero-order chi connectivity index (χ0) is 21.4. The van der Waals surface area contributed by atoms with Gasteiger partial charge in [-0.15, -0.1) is 0 Å². The summed E-state index contributed by atoms with van der Waals surface area (Å²) in [4.78, 5) is 14.1. The van der Waals surface area contributed by atoms with Gasteiger partial charge in [0, 0.05) is 18.8 Å². The van der Waals surface area contributed by atoms with Crippen LogP contribution in [0.2, 0.25) is 0 Å². The lowest BCUT2D eigenvalue weighted by molar-refractivity contribution is 0.0148. The molecule has 1 aliphatic heterocycles. The SMILES string of the molecule is Cc1cc(N2CC3(CCC(CNc4ccn(-c5ccccc5F)n4)CC3)OC2=O)sn1. The van der Waals surface area contributed by atoms with Crippen LogP contribution >= 0.6 is 11.5 Å². The van der Waals surface area contributed by atoms with Gasteiger partial charge in [-0.05, 0) is 68.3 Å². The summed E-state index contributed by atoms with van der Waals surface area (Å²) in [5.74, 6) is 0.897. The normalized spacial score (nSPS) is 23.4. The Morgan fingerprint density at radius 3 is 2.84 bits per heavy atom. The van der Waals surface area contributed by atoms with Crippen LogP contribution in [-0.4, -0.2) is 38.9 Å². The first-order chi connectivity index (χ1) is 15.0. The minimum Gasteiger partial charge on any atom is -0.441 e. The molecule has 3 heterocycles. The van der Waals surface area contributed by atoms with Crippen LogP contribution in [0, 0.1) is 18.7 Å². The largest absolute Gasteiger partial charge is 0.441 e. The standard InChI is InChI=1S/C22H24FN5O2S/c1-15-12-20(31-26-15)27-14-22(30-21(27)29)9-6-16(7-10-22)13-24-19-8-11-28(25-19)18-5-3-2-4-17(18)23/h2-5,8,11-12,16H,6-7,9-10,13-14H2,1H3,(H,24,25). The fourth-order valence-corrected chi connectivity index (χ4v) is 5.13. The first kappa shape index (κ1) is 20.0. The topological polar surface area (TPSA) is 72.3 Å². The molecule has 31 heavy (non-hydrogen) atoms. The van der Waals surface area contributed by atoms with Crippen molar-refractivity contribution in [2.45, 2.75) is 38.2 Å². The molecular formula is C22H24FN5O2S. The summed E-state index contributed by atoms with van der Waals surface area (Å²) in [7, 11) is 0. The first-order valence-corrected chi connectivity index (χ1v) is 11.3. The predicted octanol–water partition coefficient (Wildman–Crippen LogP) is 4.77. The lowest BCUT2D eigenvalue weighted by atomic mass is 9.78. The molecular weight excluding hydrogens is 417 g/mol. The number of benzene rings is 1. The lowest BCUT2D eigenvalue weighted by Gasteiger charge is -2.35. The molecule has 0 bridgehead atoms. The molecule has 1 saturated carbocycles. The number of aryl methyl sites for hydroxylation is 1.